The van der Waals surface area contributed by atoms with Crippen molar-refractivity contribution in [1.82, 2.24) is 9.88 Å². The third kappa shape index (κ3) is 3.31. The lowest BCUT2D eigenvalue weighted by Gasteiger charge is -2.40. The third-order valence-electron chi connectivity index (χ3n) is 5.24. The molecule has 0 bridgehead atoms. The van der Waals surface area contributed by atoms with Crippen LogP contribution in [0, 0.1) is 0 Å². The Kier molecular flexibility index (Phi) is 4.89. The Bertz CT molecular complexity index is 759. The van der Waals surface area contributed by atoms with Gasteiger partial charge in [0.15, 0.2) is 17.7 Å². The van der Waals surface area contributed by atoms with Crippen molar-refractivity contribution in [3.05, 3.63) is 54.2 Å². The normalized spacial score (nSPS) is 21.8. The number of anilines is 1. The maximum Gasteiger partial charge on any atom is 0.269 e. The Morgan fingerprint density at radius 3 is 2.65 bits per heavy atom. The van der Waals surface area contributed by atoms with Crippen LogP contribution in [0.3, 0.4) is 0 Å². The van der Waals surface area contributed by atoms with Crippen LogP contribution in [0.5, 0.6) is 5.75 Å². The molecule has 3 heterocycles. The van der Waals surface area contributed by atoms with Gasteiger partial charge in [-0.15, -0.1) is 0 Å². The van der Waals surface area contributed by atoms with Crippen molar-refractivity contribution in [2.45, 2.75) is 38.3 Å². The summed E-state index contributed by atoms with van der Waals surface area (Å²) in [6.45, 7) is 4.81. The molecule has 0 radical (unpaired) electrons. The SMILES string of the molecule is CC1Oc2cccnc2N(C(CN2CCCCC2)c2ccccc2)C1=O. The summed E-state index contributed by atoms with van der Waals surface area (Å²) in [7, 11) is 0. The third-order valence-corrected chi connectivity index (χ3v) is 5.24. The van der Waals surface area contributed by atoms with Crippen molar-refractivity contribution < 1.29 is 9.53 Å². The van der Waals surface area contributed by atoms with E-state index in [9.17, 15) is 4.79 Å². The minimum atomic E-state index is -0.501. The number of piperidine rings is 1. The molecule has 1 amide bonds. The van der Waals surface area contributed by atoms with Crippen LogP contribution < -0.4 is 9.64 Å². The van der Waals surface area contributed by atoms with Gasteiger partial charge in [-0.05, 0) is 50.6 Å². The summed E-state index contributed by atoms with van der Waals surface area (Å²) >= 11 is 0. The zero-order valence-electron chi connectivity index (χ0n) is 15.2. The number of rotatable bonds is 4. The number of likely N-dealkylation sites (tertiary alicyclic amines) is 1. The van der Waals surface area contributed by atoms with Crippen LogP contribution in [0.25, 0.3) is 0 Å². The average Bonchev–Trinajstić information content (AvgIpc) is 2.69. The molecule has 0 saturated carbocycles. The van der Waals surface area contributed by atoms with Crippen LogP contribution in [-0.4, -0.2) is 41.5 Å². The Labute approximate surface area is 154 Å². The zero-order chi connectivity index (χ0) is 17.9. The Morgan fingerprint density at radius 1 is 1.12 bits per heavy atom. The fourth-order valence-electron chi connectivity index (χ4n) is 3.90. The minimum Gasteiger partial charge on any atom is -0.477 e. The van der Waals surface area contributed by atoms with Crippen LogP contribution >= 0.6 is 0 Å². The lowest BCUT2D eigenvalue weighted by Crippen LogP contribution is -2.50. The van der Waals surface area contributed by atoms with Gasteiger partial charge in [-0.3, -0.25) is 9.69 Å². The van der Waals surface area contributed by atoms with Gasteiger partial charge in [-0.2, -0.15) is 0 Å². The molecule has 1 aromatic carbocycles. The van der Waals surface area contributed by atoms with E-state index in [4.69, 9.17) is 4.74 Å². The van der Waals surface area contributed by atoms with E-state index in [1.807, 2.05) is 42.2 Å². The number of fused-ring (bicyclic) bond motifs is 1. The molecule has 0 spiro atoms. The first-order valence-electron chi connectivity index (χ1n) is 9.46. The van der Waals surface area contributed by atoms with Gasteiger partial charge >= 0.3 is 0 Å². The van der Waals surface area contributed by atoms with E-state index in [-0.39, 0.29) is 11.9 Å². The van der Waals surface area contributed by atoms with Crippen molar-refractivity contribution >= 4 is 11.7 Å². The number of carbonyl (C=O) groups is 1. The number of amides is 1. The molecule has 0 aliphatic carbocycles. The molecule has 2 atom stereocenters. The topological polar surface area (TPSA) is 45.7 Å². The number of benzene rings is 1. The number of nitrogens with zero attached hydrogens (tertiary/aromatic N) is 3. The summed E-state index contributed by atoms with van der Waals surface area (Å²) in [4.78, 5) is 21.9. The summed E-state index contributed by atoms with van der Waals surface area (Å²) in [5.74, 6) is 1.28. The van der Waals surface area contributed by atoms with E-state index in [1.54, 1.807) is 6.20 Å². The van der Waals surface area contributed by atoms with Crippen LogP contribution in [0.2, 0.25) is 0 Å². The monoisotopic (exact) mass is 351 g/mol. The summed E-state index contributed by atoms with van der Waals surface area (Å²) in [6, 6.07) is 14.0. The molecule has 26 heavy (non-hydrogen) atoms. The Hall–Kier alpha value is -2.40. The second-order valence-corrected chi connectivity index (χ2v) is 7.08. The quantitative estimate of drug-likeness (QED) is 0.847. The Balaban J connectivity index is 1.73. The molecule has 136 valence electrons. The largest absolute Gasteiger partial charge is 0.477 e. The van der Waals surface area contributed by atoms with Gasteiger partial charge in [0.25, 0.3) is 5.91 Å². The molecule has 2 aliphatic rings. The van der Waals surface area contributed by atoms with Gasteiger partial charge in [0.2, 0.25) is 0 Å². The predicted octanol–water partition coefficient (Wildman–Crippen LogP) is 3.42. The molecule has 1 saturated heterocycles. The highest BCUT2D eigenvalue weighted by atomic mass is 16.5. The lowest BCUT2D eigenvalue weighted by molar-refractivity contribution is -0.126. The van der Waals surface area contributed by atoms with Crippen molar-refractivity contribution in [1.29, 1.82) is 0 Å². The standard InChI is InChI=1S/C21H25N3O2/c1-16-21(25)24(20-19(26-16)11-8-12-22-20)18(17-9-4-2-5-10-17)15-23-13-6-3-7-14-23/h2,4-5,8-12,16,18H,3,6-7,13-15H2,1H3. The van der Waals surface area contributed by atoms with Gasteiger partial charge in [0.1, 0.15) is 0 Å². The predicted molar refractivity (Wildman–Crippen MR) is 101 cm³/mol. The molecule has 4 rings (SSSR count). The number of carbonyl (C=O) groups excluding carboxylic acids is 1. The van der Waals surface area contributed by atoms with E-state index in [2.05, 4.69) is 22.0 Å². The maximum absolute atomic E-state index is 13.1. The van der Waals surface area contributed by atoms with E-state index in [0.717, 1.165) is 25.2 Å². The minimum absolute atomic E-state index is 0.0259. The highest BCUT2D eigenvalue weighted by Crippen LogP contribution is 2.37. The first-order chi connectivity index (χ1) is 12.7. The second-order valence-electron chi connectivity index (χ2n) is 7.08. The summed E-state index contributed by atoms with van der Waals surface area (Å²) in [6.07, 6.45) is 4.97. The first kappa shape index (κ1) is 17.0. The van der Waals surface area contributed by atoms with E-state index >= 15 is 0 Å². The second kappa shape index (κ2) is 7.46. The van der Waals surface area contributed by atoms with Gasteiger partial charge in [-0.25, -0.2) is 4.98 Å². The number of pyridine rings is 1. The van der Waals surface area contributed by atoms with Gasteiger partial charge in [0.05, 0.1) is 6.04 Å². The molecule has 1 aromatic heterocycles. The van der Waals surface area contributed by atoms with Gasteiger partial charge < -0.3 is 9.64 Å². The molecular weight excluding hydrogens is 326 g/mol. The number of ether oxygens (including phenoxy) is 1. The van der Waals surface area contributed by atoms with Crippen molar-refractivity contribution in [3.8, 4) is 5.75 Å². The van der Waals surface area contributed by atoms with Crippen LogP contribution in [0.1, 0.15) is 37.8 Å². The maximum atomic E-state index is 13.1. The zero-order valence-corrected chi connectivity index (χ0v) is 15.2. The average molecular weight is 351 g/mol. The van der Waals surface area contributed by atoms with Gasteiger partial charge in [0, 0.05) is 12.7 Å². The number of aromatic nitrogens is 1. The van der Waals surface area contributed by atoms with Gasteiger partial charge in [-0.1, -0.05) is 36.8 Å². The van der Waals surface area contributed by atoms with E-state index in [1.165, 1.54) is 19.3 Å². The van der Waals surface area contributed by atoms with Crippen LogP contribution in [0.15, 0.2) is 48.7 Å². The fraction of sp³-hybridized carbons (Fsp3) is 0.429. The van der Waals surface area contributed by atoms with Crippen LogP contribution in [0.4, 0.5) is 5.82 Å². The highest BCUT2D eigenvalue weighted by molar-refractivity contribution is 5.99. The summed E-state index contributed by atoms with van der Waals surface area (Å²) in [5.41, 5.74) is 1.14. The molecule has 2 unspecified atom stereocenters. The highest BCUT2D eigenvalue weighted by Gasteiger charge is 2.38. The van der Waals surface area contributed by atoms with E-state index < -0.39 is 6.10 Å². The molecule has 1 fully saturated rings. The lowest BCUT2D eigenvalue weighted by atomic mass is 10.0. The first-order valence-corrected chi connectivity index (χ1v) is 9.46. The summed E-state index contributed by atoms with van der Waals surface area (Å²) in [5, 5.41) is 0. The molecule has 0 N–H and O–H groups in total. The summed E-state index contributed by atoms with van der Waals surface area (Å²) < 4.78 is 5.78. The van der Waals surface area contributed by atoms with Crippen molar-refractivity contribution in [2.24, 2.45) is 0 Å². The molecule has 5 nitrogen and oxygen atoms in total. The Morgan fingerprint density at radius 2 is 1.88 bits per heavy atom. The van der Waals surface area contributed by atoms with Crippen molar-refractivity contribution in [2.75, 3.05) is 24.5 Å². The van der Waals surface area contributed by atoms with Crippen LogP contribution in [-0.2, 0) is 4.79 Å². The molecule has 2 aliphatic heterocycles. The number of hydrogen-bond acceptors (Lipinski definition) is 4. The molecule has 5 heteroatoms. The smallest absolute Gasteiger partial charge is 0.269 e. The molecule has 2 aromatic rings. The fourth-order valence-corrected chi connectivity index (χ4v) is 3.90. The van der Waals surface area contributed by atoms with E-state index in [0.29, 0.717) is 11.6 Å². The van der Waals surface area contributed by atoms with Crippen molar-refractivity contribution in [3.63, 3.8) is 0 Å². The number of hydrogen-bond donors (Lipinski definition) is 0. The molecular formula is C21H25N3O2.